The first-order chi connectivity index (χ1) is 18.5. The number of hydrogen-bond donors (Lipinski definition) is 1. The summed E-state index contributed by atoms with van der Waals surface area (Å²) in [5, 5.41) is 8.70. The second-order valence-corrected chi connectivity index (χ2v) is 10.2. The van der Waals surface area contributed by atoms with Crippen LogP contribution in [0.4, 0.5) is 5.95 Å². The summed E-state index contributed by atoms with van der Waals surface area (Å²) < 4.78 is 19.2. The molecule has 9 heteroatoms. The maximum atomic E-state index is 13.5. The number of esters is 1. The van der Waals surface area contributed by atoms with Crippen molar-refractivity contribution in [1.29, 1.82) is 0 Å². The number of allylic oxidation sites excluding steroid dienone is 1. The van der Waals surface area contributed by atoms with Crippen LogP contribution >= 0.6 is 11.8 Å². The summed E-state index contributed by atoms with van der Waals surface area (Å²) in [5.41, 5.74) is 2.90. The molecule has 0 fully saturated rings. The lowest BCUT2D eigenvalue weighted by molar-refractivity contribution is -0.140. The molecule has 38 heavy (non-hydrogen) atoms. The number of nitrogens with one attached hydrogen (secondary N) is 1. The van der Waals surface area contributed by atoms with Crippen LogP contribution in [-0.2, 0) is 16.1 Å². The lowest BCUT2D eigenvalue weighted by Crippen LogP contribution is -2.29. The fourth-order valence-electron chi connectivity index (χ4n) is 4.27. The summed E-state index contributed by atoms with van der Waals surface area (Å²) >= 11 is 1.59. The Morgan fingerprint density at radius 2 is 1.89 bits per heavy atom. The van der Waals surface area contributed by atoms with Crippen LogP contribution in [-0.4, -0.2) is 40.2 Å². The van der Waals surface area contributed by atoms with Crippen LogP contribution in [0.1, 0.15) is 63.6 Å². The van der Waals surface area contributed by atoms with Crippen molar-refractivity contribution in [3.8, 4) is 11.5 Å². The predicted octanol–water partition coefficient (Wildman–Crippen LogP) is 6.39. The second kappa shape index (κ2) is 13.4. The molecule has 202 valence electrons. The Kier molecular flexibility index (Phi) is 9.70. The Hall–Kier alpha value is -3.46. The minimum atomic E-state index is -0.541. The minimum absolute atomic E-state index is 0.179. The summed E-state index contributed by atoms with van der Waals surface area (Å²) in [6.07, 6.45) is 4.23. The zero-order valence-electron chi connectivity index (χ0n) is 22.5. The second-order valence-electron chi connectivity index (χ2n) is 9.10. The van der Waals surface area contributed by atoms with Crippen molar-refractivity contribution >= 4 is 23.7 Å². The number of thioether (sulfide) groups is 1. The number of unbranched alkanes of at least 4 members (excludes halogenated alkanes) is 2. The quantitative estimate of drug-likeness (QED) is 0.153. The van der Waals surface area contributed by atoms with Crippen LogP contribution in [0.15, 0.2) is 65.0 Å². The molecule has 0 saturated carbocycles. The summed E-state index contributed by atoms with van der Waals surface area (Å²) in [4.78, 5) is 18.2. The molecule has 8 nitrogen and oxygen atoms in total. The number of fused-ring (bicyclic) bond motifs is 1. The first kappa shape index (κ1) is 27.6. The highest BCUT2D eigenvalue weighted by Crippen LogP contribution is 2.40. The lowest BCUT2D eigenvalue weighted by atomic mass is 9.95. The summed E-state index contributed by atoms with van der Waals surface area (Å²) in [5.74, 6) is 2.36. The SMILES string of the molecule is CCCCCOc1ccc(C2C(C(=O)OCc3ccccc3)=C(C)Nc3nc(SCCC)nn32)cc1OC. The maximum absolute atomic E-state index is 13.5. The van der Waals surface area contributed by atoms with Gasteiger partial charge >= 0.3 is 5.97 Å². The zero-order chi connectivity index (χ0) is 26.9. The Balaban J connectivity index is 1.68. The summed E-state index contributed by atoms with van der Waals surface area (Å²) in [7, 11) is 1.62. The van der Waals surface area contributed by atoms with Gasteiger partial charge in [0.2, 0.25) is 11.1 Å². The minimum Gasteiger partial charge on any atom is -0.493 e. The van der Waals surface area contributed by atoms with E-state index in [0.29, 0.717) is 40.5 Å². The molecule has 2 aromatic carbocycles. The smallest absolute Gasteiger partial charge is 0.338 e. The molecule has 4 rings (SSSR count). The Bertz CT molecular complexity index is 1260. The fraction of sp³-hybridized carbons (Fsp3) is 0.414. The zero-order valence-corrected chi connectivity index (χ0v) is 23.3. The number of ether oxygens (including phenoxy) is 3. The largest absolute Gasteiger partial charge is 0.493 e. The predicted molar refractivity (Wildman–Crippen MR) is 150 cm³/mol. The van der Waals surface area contributed by atoms with Gasteiger partial charge in [0.1, 0.15) is 12.6 Å². The molecule has 0 radical (unpaired) electrons. The van der Waals surface area contributed by atoms with E-state index < -0.39 is 12.0 Å². The molecule has 0 aliphatic carbocycles. The van der Waals surface area contributed by atoms with Gasteiger partial charge < -0.3 is 19.5 Å². The third-order valence-corrected chi connectivity index (χ3v) is 7.25. The lowest BCUT2D eigenvalue weighted by Gasteiger charge is -2.28. The molecule has 0 amide bonds. The molecule has 0 spiro atoms. The Morgan fingerprint density at radius 1 is 1.08 bits per heavy atom. The standard InChI is InChI=1S/C29H36N4O4S/c1-5-7-11-16-36-23-15-14-22(18-24(23)35-4)26-25(27(34)37-19-21-12-9-8-10-13-21)20(3)30-28-31-29(32-33(26)28)38-17-6-2/h8-10,12-15,18,26H,5-7,11,16-17,19H2,1-4H3,(H,30,31,32). The molecule has 2 heterocycles. The highest BCUT2D eigenvalue weighted by Gasteiger charge is 2.36. The number of aromatic nitrogens is 3. The van der Waals surface area contributed by atoms with Gasteiger partial charge in [-0.25, -0.2) is 9.48 Å². The Labute approximate surface area is 228 Å². The first-order valence-electron chi connectivity index (χ1n) is 13.1. The van der Waals surface area contributed by atoms with Gasteiger partial charge in [-0.15, -0.1) is 5.10 Å². The van der Waals surface area contributed by atoms with Crippen LogP contribution < -0.4 is 14.8 Å². The fourth-order valence-corrected chi connectivity index (χ4v) is 4.95. The molecule has 1 aliphatic heterocycles. The van der Waals surface area contributed by atoms with Crippen LogP contribution in [0.5, 0.6) is 11.5 Å². The van der Waals surface area contributed by atoms with Crippen molar-refractivity contribution in [2.45, 2.75) is 64.3 Å². The van der Waals surface area contributed by atoms with E-state index in [4.69, 9.17) is 19.3 Å². The average molecular weight is 537 g/mol. The van der Waals surface area contributed by atoms with Gasteiger partial charge in [0.15, 0.2) is 11.5 Å². The van der Waals surface area contributed by atoms with Gasteiger partial charge in [0, 0.05) is 11.4 Å². The first-order valence-corrected chi connectivity index (χ1v) is 14.1. The Morgan fingerprint density at radius 3 is 2.63 bits per heavy atom. The highest BCUT2D eigenvalue weighted by molar-refractivity contribution is 7.99. The van der Waals surface area contributed by atoms with Gasteiger partial charge in [0.05, 0.1) is 19.3 Å². The van der Waals surface area contributed by atoms with E-state index >= 15 is 0 Å². The van der Waals surface area contributed by atoms with Crippen molar-refractivity contribution in [1.82, 2.24) is 14.8 Å². The molecule has 1 N–H and O–H groups in total. The highest BCUT2D eigenvalue weighted by atomic mass is 32.2. The number of hydrogen-bond acceptors (Lipinski definition) is 8. The number of carbonyl (C=O) groups is 1. The van der Waals surface area contributed by atoms with Gasteiger partial charge in [0.25, 0.3) is 0 Å². The van der Waals surface area contributed by atoms with Gasteiger partial charge in [-0.05, 0) is 43.0 Å². The molecule has 1 aromatic heterocycles. The van der Waals surface area contributed by atoms with E-state index in [9.17, 15) is 4.79 Å². The molecule has 0 saturated heterocycles. The van der Waals surface area contributed by atoms with Crippen LogP contribution in [0.2, 0.25) is 0 Å². The number of carbonyl (C=O) groups excluding carboxylic acids is 1. The summed E-state index contributed by atoms with van der Waals surface area (Å²) in [6, 6.07) is 14.9. The van der Waals surface area contributed by atoms with Gasteiger partial charge in [-0.1, -0.05) is 74.8 Å². The normalized spacial score (nSPS) is 14.6. The van der Waals surface area contributed by atoms with E-state index in [2.05, 4.69) is 24.1 Å². The maximum Gasteiger partial charge on any atom is 0.338 e. The van der Waals surface area contributed by atoms with Crippen LogP contribution in [0.3, 0.4) is 0 Å². The van der Waals surface area contributed by atoms with Gasteiger partial charge in [-0.2, -0.15) is 4.98 Å². The molecule has 1 aliphatic rings. The summed E-state index contributed by atoms with van der Waals surface area (Å²) in [6.45, 7) is 6.95. The molecule has 1 atom stereocenters. The van der Waals surface area contributed by atoms with Gasteiger partial charge in [-0.3, -0.25) is 0 Å². The van der Waals surface area contributed by atoms with Crippen molar-refractivity contribution in [3.05, 3.63) is 70.9 Å². The van der Waals surface area contributed by atoms with E-state index in [1.165, 1.54) is 0 Å². The molecular formula is C29H36N4O4S. The molecule has 1 unspecified atom stereocenters. The van der Waals surface area contributed by atoms with E-state index in [1.807, 2.05) is 55.5 Å². The molecule has 3 aromatic rings. The number of benzene rings is 2. The van der Waals surface area contributed by atoms with Crippen LogP contribution in [0.25, 0.3) is 0 Å². The third kappa shape index (κ3) is 6.51. The van der Waals surface area contributed by atoms with Crippen molar-refractivity contribution in [2.24, 2.45) is 0 Å². The number of rotatable bonds is 13. The number of anilines is 1. The molecule has 0 bridgehead atoms. The molecular weight excluding hydrogens is 500 g/mol. The van der Waals surface area contributed by atoms with Crippen molar-refractivity contribution < 1.29 is 19.0 Å². The number of nitrogens with zero attached hydrogens (tertiary/aromatic N) is 3. The van der Waals surface area contributed by atoms with Crippen molar-refractivity contribution in [3.63, 3.8) is 0 Å². The van der Waals surface area contributed by atoms with E-state index in [-0.39, 0.29) is 6.61 Å². The third-order valence-electron chi connectivity index (χ3n) is 6.21. The topological polar surface area (TPSA) is 87.5 Å². The van der Waals surface area contributed by atoms with E-state index in [1.54, 1.807) is 23.6 Å². The average Bonchev–Trinajstić information content (AvgIpc) is 3.35. The van der Waals surface area contributed by atoms with Crippen LogP contribution in [0, 0.1) is 0 Å². The number of methoxy groups -OCH3 is 1. The monoisotopic (exact) mass is 536 g/mol. The van der Waals surface area contributed by atoms with E-state index in [0.717, 1.165) is 42.6 Å². The van der Waals surface area contributed by atoms with Crippen molar-refractivity contribution in [2.75, 3.05) is 24.8 Å².